The fourth-order valence-electron chi connectivity index (χ4n) is 2.61. The number of likely N-dealkylation sites (tertiary alicyclic amines) is 1. The van der Waals surface area contributed by atoms with Gasteiger partial charge in [-0.25, -0.2) is 0 Å². The van der Waals surface area contributed by atoms with E-state index in [0.717, 1.165) is 22.3 Å². The Balaban J connectivity index is 1.85. The number of carbonyl (C=O) groups excluding carboxylic acids is 1. The van der Waals surface area contributed by atoms with Crippen LogP contribution in [-0.2, 0) is 4.79 Å². The second-order valence-electron chi connectivity index (χ2n) is 5.26. The largest absolute Gasteiger partial charge is 0.357 e. The van der Waals surface area contributed by atoms with Gasteiger partial charge in [0, 0.05) is 18.6 Å². The lowest BCUT2D eigenvalue weighted by Gasteiger charge is -2.39. The van der Waals surface area contributed by atoms with E-state index in [4.69, 9.17) is 0 Å². The van der Waals surface area contributed by atoms with Gasteiger partial charge in [0.25, 0.3) is 0 Å². The van der Waals surface area contributed by atoms with Crippen LogP contribution >= 0.6 is 23.1 Å². The maximum atomic E-state index is 12.4. The van der Waals surface area contributed by atoms with Crippen LogP contribution in [0, 0.1) is 0 Å². The summed E-state index contributed by atoms with van der Waals surface area (Å²) >= 11 is 2.94. The van der Waals surface area contributed by atoms with Gasteiger partial charge in [0.1, 0.15) is 0 Å². The number of anilines is 1. The van der Waals surface area contributed by atoms with Gasteiger partial charge in [-0.05, 0) is 33.1 Å². The first-order chi connectivity index (χ1) is 10.1. The number of piperidine rings is 1. The van der Waals surface area contributed by atoms with Crippen molar-refractivity contribution >= 4 is 34.1 Å². The zero-order chi connectivity index (χ0) is 15.2. The van der Waals surface area contributed by atoms with E-state index in [1.54, 1.807) is 6.08 Å². The fourth-order valence-corrected chi connectivity index (χ4v) is 4.24. The molecule has 1 aliphatic heterocycles. The molecule has 116 valence electrons. The standard InChI is InChI=1S/C14H22N4OS2/c1-4-8-15-13-16-17-14(21-13)20-9-12(19)18-10(2)6-5-7-11(18)3/h4,10-11H,1,5-9H2,2-3H3,(H,15,16)/t10-,11-/m0/s1. The quantitative estimate of drug-likeness (QED) is 0.643. The van der Waals surface area contributed by atoms with Gasteiger partial charge in [-0.2, -0.15) is 0 Å². The maximum Gasteiger partial charge on any atom is 0.233 e. The molecule has 7 heteroatoms. The molecule has 2 atom stereocenters. The van der Waals surface area contributed by atoms with Crippen molar-refractivity contribution in [2.24, 2.45) is 0 Å². The van der Waals surface area contributed by atoms with E-state index < -0.39 is 0 Å². The van der Waals surface area contributed by atoms with Crippen molar-refractivity contribution in [3.63, 3.8) is 0 Å². The van der Waals surface area contributed by atoms with Gasteiger partial charge in [-0.3, -0.25) is 4.79 Å². The van der Waals surface area contributed by atoms with E-state index >= 15 is 0 Å². The number of rotatable bonds is 6. The van der Waals surface area contributed by atoms with Crippen LogP contribution in [0.4, 0.5) is 5.13 Å². The molecule has 0 radical (unpaired) electrons. The monoisotopic (exact) mass is 326 g/mol. The van der Waals surface area contributed by atoms with Crippen LogP contribution in [0.5, 0.6) is 0 Å². The smallest absolute Gasteiger partial charge is 0.233 e. The van der Waals surface area contributed by atoms with Crippen molar-refractivity contribution < 1.29 is 4.79 Å². The number of thioether (sulfide) groups is 1. The summed E-state index contributed by atoms with van der Waals surface area (Å²) in [4.78, 5) is 14.4. The molecule has 2 rings (SSSR count). The summed E-state index contributed by atoms with van der Waals surface area (Å²) in [7, 11) is 0. The van der Waals surface area contributed by atoms with Gasteiger partial charge in [-0.1, -0.05) is 29.2 Å². The second kappa shape index (κ2) is 7.79. The molecule has 0 saturated carbocycles. The van der Waals surface area contributed by atoms with Crippen molar-refractivity contribution in [2.75, 3.05) is 17.6 Å². The molecule has 21 heavy (non-hydrogen) atoms. The SMILES string of the molecule is C=CCNc1nnc(SCC(=O)N2[C@@H](C)CCC[C@@H]2C)s1. The maximum absolute atomic E-state index is 12.4. The van der Waals surface area contributed by atoms with Crippen molar-refractivity contribution in [3.05, 3.63) is 12.7 Å². The minimum Gasteiger partial charge on any atom is -0.357 e. The highest BCUT2D eigenvalue weighted by Gasteiger charge is 2.28. The highest BCUT2D eigenvalue weighted by atomic mass is 32.2. The lowest BCUT2D eigenvalue weighted by molar-refractivity contribution is -0.134. The third-order valence-electron chi connectivity index (χ3n) is 3.60. The molecular formula is C14H22N4OS2. The molecule has 0 unspecified atom stereocenters. The molecule has 1 saturated heterocycles. The molecule has 0 aromatic carbocycles. The van der Waals surface area contributed by atoms with Crippen LogP contribution in [0.2, 0.25) is 0 Å². The van der Waals surface area contributed by atoms with E-state index in [0.29, 0.717) is 24.4 Å². The summed E-state index contributed by atoms with van der Waals surface area (Å²) in [6.45, 7) is 8.59. The molecule has 0 aliphatic carbocycles. The van der Waals surface area contributed by atoms with E-state index in [1.165, 1.54) is 29.5 Å². The molecule has 1 N–H and O–H groups in total. The van der Waals surface area contributed by atoms with Crippen molar-refractivity contribution in [1.29, 1.82) is 0 Å². The number of nitrogens with one attached hydrogen (secondary N) is 1. The van der Waals surface area contributed by atoms with Gasteiger partial charge in [-0.15, -0.1) is 16.8 Å². The van der Waals surface area contributed by atoms with Gasteiger partial charge >= 0.3 is 0 Å². The summed E-state index contributed by atoms with van der Waals surface area (Å²) in [5.41, 5.74) is 0. The highest BCUT2D eigenvalue weighted by molar-refractivity contribution is 8.01. The lowest BCUT2D eigenvalue weighted by atomic mass is 9.98. The lowest BCUT2D eigenvalue weighted by Crippen LogP contribution is -2.48. The van der Waals surface area contributed by atoms with Crippen LogP contribution in [-0.4, -0.2) is 45.4 Å². The van der Waals surface area contributed by atoms with Crippen LogP contribution in [0.25, 0.3) is 0 Å². The van der Waals surface area contributed by atoms with Gasteiger partial charge < -0.3 is 10.2 Å². The Morgan fingerprint density at radius 1 is 1.48 bits per heavy atom. The zero-order valence-corrected chi connectivity index (χ0v) is 14.2. The van der Waals surface area contributed by atoms with Crippen molar-refractivity contribution in [1.82, 2.24) is 15.1 Å². The summed E-state index contributed by atoms with van der Waals surface area (Å²) in [6.07, 6.45) is 5.20. The van der Waals surface area contributed by atoms with Gasteiger partial charge in [0.05, 0.1) is 5.75 Å². The number of hydrogen-bond donors (Lipinski definition) is 1. The van der Waals surface area contributed by atoms with Crippen molar-refractivity contribution in [3.8, 4) is 0 Å². The summed E-state index contributed by atoms with van der Waals surface area (Å²) < 4.78 is 0.826. The minimum absolute atomic E-state index is 0.204. The predicted octanol–water partition coefficient (Wildman–Crippen LogP) is 3.02. The number of aromatic nitrogens is 2. The van der Waals surface area contributed by atoms with E-state index in [-0.39, 0.29) is 5.91 Å². The van der Waals surface area contributed by atoms with Crippen LogP contribution < -0.4 is 5.32 Å². The van der Waals surface area contributed by atoms with Crippen molar-refractivity contribution in [2.45, 2.75) is 49.5 Å². The van der Waals surface area contributed by atoms with Crippen LogP contribution in [0.3, 0.4) is 0 Å². The number of hydrogen-bond acceptors (Lipinski definition) is 6. The first-order valence-electron chi connectivity index (χ1n) is 7.24. The molecule has 2 heterocycles. The fraction of sp³-hybridized carbons (Fsp3) is 0.643. The number of amides is 1. The first-order valence-corrected chi connectivity index (χ1v) is 9.04. The Morgan fingerprint density at radius 3 is 2.86 bits per heavy atom. The summed E-state index contributed by atoms with van der Waals surface area (Å²) in [6, 6.07) is 0.696. The molecule has 5 nitrogen and oxygen atoms in total. The average molecular weight is 326 g/mol. The average Bonchev–Trinajstić information content (AvgIpc) is 2.90. The Bertz CT molecular complexity index is 481. The first kappa shape index (κ1) is 16.3. The van der Waals surface area contributed by atoms with Crippen LogP contribution in [0.1, 0.15) is 33.1 Å². The van der Waals surface area contributed by atoms with Gasteiger partial charge in [0.2, 0.25) is 11.0 Å². The van der Waals surface area contributed by atoms with E-state index in [9.17, 15) is 4.79 Å². The normalized spacial score (nSPS) is 22.1. The van der Waals surface area contributed by atoms with Gasteiger partial charge in [0.15, 0.2) is 4.34 Å². The second-order valence-corrected chi connectivity index (χ2v) is 7.46. The third kappa shape index (κ3) is 4.44. The molecule has 1 aromatic heterocycles. The summed E-state index contributed by atoms with van der Waals surface area (Å²) in [5, 5.41) is 12.0. The molecule has 0 bridgehead atoms. The Morgan fingerprint density at radius 2 is 2.19 bits per heavy atom. The topological polar surface area (TPSA) is 58.1 Å². The Hall–Kier alpha value is -1.08. The number of carbonyl (C=O) groups is 1. The Labute approximate surface area is 134 Å². The number of nitrogens with zero attached hydrogens (tertiary/aromatic N) is 3. The molecular weight excluding hydrogens is 304 g/mol. The molecule has 1 amide bonds. The molecule has 1 fully saturated rings. The molecule has 1 aliphatic rings. The summed E-state index contributed by atoms with van der Waals surface area (Å²) in [5.74, 6) is 0.639. The molecule has 0 spiro atoms. The van der Waals surface area contributed by atoms with E-state index in [1.807, 2.05) is 4.90 Å². The zero-order valence-electron chi connectivity index (χ0n) is 12.5. The predicted molar refractivity (Wildman–Crippen MR) is 88.9 cm³/mol. The minimum atomic E-state index is 0.204. The molecule has 1 aromatic rings. The Kier molecular flexibility index (Phi) is 6.05. The third-order valence-corrected chi connectivity index (χ3v) is 5.60. The highest BCUT2D eigenvalue weighted by Crippen LogP contribution is 2.28. The van der Waals surface area contributed by atoms with Crippen LogP contribution in [0.15, 0.2) is 17.0 Å². The van der Waals surface area contributed by atoms with E-state index in [2.05, 4.69) is 35.9 Å².